The molecule has 17 heavy (non-hydrogen) atoms. The summed E-state index contributed by atoms with van der Waals surface area (Å²) in [5, 5.41) is 12.0. The molecular weight excluding hydrogens is 228 g/mol. The summed E-state index contributed by atoms with van der Waals surface area (Å²) in [6, 6.07) is 2.28. The number of rotatable bonds is 5. The summed E-state index contributed by atoms with van der Waals surface area (Å²) in [6.07, 6.45) is 3.68. The highest BCUT2D eigenvalue weighted by atomic mass is 19.1. The lowest BCUT2D eigenvalue weighted by Gasteiger charge is -2.02. The zero-order valence-corrected chi connectivity index (χ0v) is 8.98. The van der Waals surface area contributed by atoms with Crippen molar-refractivity contribution in [3.63, 3.8) is 0 Å². The molecule has 0 saturated heterocycles. The maximum Gasteiger partial charge on any atom is 0.132 e. The van der Waals surface area contributed by atoms with Gasteiger partial charge in [0.25, 0.3) is 0 Å². The van der Waals surface area contributed by atoms with Gasteiger partial charge in [-0.3, -0.25) is 0 Å². The third kappa shape index (κ3) is 3.86. The van der Waals surface area contributed by atoms with E-state index in [2.05, 4.69) is 10.0 Å². The van der Waals surface area contributed by atoms with Gasteiger partial charge in [0.1, 0.15) is 11.6 Å². The predicted molar refractivity (Wildman–Crippen MR) is 59.9 cm³/mol. The van der Waals surface area contributed by atoms with Crippen molar-refractivity contribution < 1.29 is 13.9 Å². The van der Waals surface area contributed by atoms with Gasteiger partial charge in [-0.2, -0.15) is 0 Å². The van der Waals surface area contributed by atoms with Gasteiger partial charge in [-0.1, -0.05) is 17.3 Å². The van der Waals surface area contributed by atoms with E-state index in [9.17, 15) is 8.78 Å². The van der Waals surface area contributed by atoms with Crippen LogP contribution >= 0.6 is 0 Å². The van der Waals surface area contributed by atoms with E-state index >= 15 is 0 Å². The van der Waals surface area contributed by atoms with Crippen molar-refractivity contribution >= 4 is 6.08 Å². The van der Waals surface area contributed by atoms with Gasteiger partial charge >= 0.3 is 0 Å². The zero-order chi connectivity index (χ0) is 12.7. The molecule has 0 atom stereocenters. The Kier molecular flexibility index (Phi) is 5.13. The number of nitrogens with zero attached hydrogens (tertiary/aromatic N) is 3. The molecule has 0 saturated carbocycles. The molecule has 0 fully saturated rings. The van der Waals surface area contributed by atoms with Crippen LogP contribution in [0, 0.1) is 11.6 Å². The molecule has 0 amide bonds. The molecule has 1 aromatic carbocycles. The molecule has 0 radical (unpaired) electrons. The highest BCUT2D eigenvalue weighted by molar-refractivity contribution is 5.50. The lowest BCUT2D eigenvalue weighted by molar-refractivity contribution is 0.269. The monoisotopic (exact) mass is 239 g/mol. The van der Waals surface area contributed by atoms with E-state index in [-0.39, 0.29) is 5.56 Å². The number of hydrogen-bond acceptors (Lipinski definition) is 2. The first-order chi connectivity index (χ1) is 8.19. The van der Waals surface area contributed by atoms with Crippen LogP contribution in [0.3, 0.4) is 0 Å². The van der Waals surface area contributed by atoms with Crippen molar-refractivity contribution in [2.24, 2.45) is 5.11 Å². The van der Waals surface area contributed by atoms with Gasteiger partial charge in [-0.15, -0.1) is 0 Å². The number of benzene rings is 1. The van der Waals surface area contributed by atoms with Gasteiger partial charge in [-0.25, -0.2) is 8.78 Å². The summed E-state index contributed by atoms with van der Waals surface area (Å²) >= 11 is 0. The molecule has 1 rings (SSSR count). The van der Waals surface area contributed by atoms with Crippen LogP contribution in [0.1, 0.15) is 17.5 Å². The summed E-state index contributed by atoms with van der Waals surface area (Å²) in [5.41, 5.74) is 8.05. The van der Waals surface area contributed by atoms with Crippen LogP contribution in [-0.2, 0) is 6.61 Å². The van der Waals surface area contributed by atoms with E-state index in [1.54, 1.807) is 6.08 Å². The summed E-state index contributed by atoms with van der Waals surface area (Å²) in [5.74, 6) is -1.55. The third-order valence-electron chi connectivity index (χ3n) is 2.09. The fourth-order valence-corrected chi connectivity index (χ4v) is 1.27. The first-order valence-electron chi connectivity index (χ1n) is 4.95. The number of halogens is 2. The van der Waals surface area contributed by atoms with Gasteiger partial charge in [0.15, 0.2) is 0 Å². The molecule has 0 heterocycles. The minimum atomic E-state index is -0.776. The molecule has 4 nitrogen and oxygen atoms in total. The Hall–Kier alpha value is -1.91. The van der Waals surface area contributed by atoms with Crippen molar-refractivity contribution in [3.05, 3.63) is 51.4 Å². The summed E-state index contributed by atoms with van der Waals surface area (Å²) < 4.78 is 26.5. The van der Waals surface area contributed by atoms with Crippen molar-refractivity contribution in [2.45, 2.75) is 13.0 Å². The molecule has 0 aliphatic rings. The molecule has 1 N–H and O–H groups in total. The standard InChI is InChI=1S/C11H11F2N3O/c12-10-5-8(3-1-2-4-15-16-14)6-11(13)9(10)7-17/h1,3,5-6,17H,2,4,7H2. The summed E-state index contributed by atoms with van der Waals surface area (Å²) in [7, 11) is 0. The third-order valence-corrected chi connectivity index (χ3v) is 2.09. The quantitative estimate of drug-likeness (QED) is 0.364. The van der Waals surface area contributed by atoms with Gasteiger partial charge < -0.3 is 5.11 Å². The predicted octanol–water partition coefficient (Wildman–Crippen LogP) is 3.17. The van der Waals surface area contributed by atoms with E-state index in [1.807, 2.05) is 0 Å². The second kappa shape index (κ2) is 6.62. The second-order valence-corrected chi connectivity index (χ2v) is 3.27. The van der Waals surface area contributed by atoms with Crippen LogP contribution in [0.4, 0.5) is 8.78 Å². The van der Waals surface area contributed by atoms with E-state index in [0.29, 0.717) is 18.5 Å². The van der Waals surface area contributed by atoms with Gasteiger partial charge in [-0.05, 0) is 29.6 Å². The lowest BCUT2D eigenvalue weighted by atomic mass is 10.1. The Balaban J connectivity index is 2.76. The van der Waals surface area contributed by atoms with Crippen LogP contribution in [0.15, 0.2) is 23.3 Å². The van der Waals surface area contributed by atoms with Crippen LogP contribution < -0.4 is 0 Å². The van der Waals surface area contributed by atoms with Crippen molar-refractivity contribution in [3.8, 4) is 0 Å². The van der Waals surface area contributed by atoms with Crippen molar-refractivity contribution in [1.82, 2.24) is 0 Å². The Morgan fingerprint density at radius 2 is 2.00 bits per heavy atom. The first kappa shape index (κ1) is 13.2. The van der Waals surface area contributed by atoms with Crippen LogP contribution in [0.5, 0.6) is 0 Å². The Bertz CT molecular complexity index is 445. The maximum absolute atomic E-state index is 13.2. The van der Waals surface area contributed by atoms with E-state index in [4.69, 9.17) is 10.6 Å². The Labute approximate surface area is 96.8 Å². The van der Waals surface area contributed by atoms with E-state index < -0.39 is 18.2 Å². The average Bonchev–Trinajstić information content (AvgIpc) is 2.28. The highest BCUT2D eigenvalue weighted by Crippen LogP contribution is 2.16. The fraction of sp³-hybridized carbons (Fsp3) is 0.273. The lowest BCUT2D eigenvalue weighted by Crippen LogP contribution is -1.96. The topological polar surface area (TPSA) is 69.0 Å². The van der Waals surface area contributed by atoms with E-state index in [0.717, 1.165) is 12.1 Å². The van der Waals surface area contributed by atoms with Crippen molar-refractivity contribution in [2.75, 3.05) is 6.54 Å². The summed E-state index contributed by atoms with van der Waals surface area (Å²) in [6.45, 7) is -0.370. The molecular formula is C11H11F2N3O. The van der Waals surface area contributed by atoms with Crippen LogP contribution in [-0.4, -0.2) is 11.7 Å². The Morgan fingerprint density at radius 3 is 2.53 bits per heavy atom. The molecule has 0 aliphatic carbocycles. The number of aliphatic hydroxyl groups is 1. The normalized spacial score (nSPS) is 10.5. The number of aliphatic hydroxyl groups excluding tert-OH is 1. The van der Waals surface area contributed by atoms with E-state index in [1.165, 1.54) is 6.08 Å². The fourth-order valence-electron chi connectivity index (χ4n) is 1.27. The minimum Gasteiger partial charge on any atom is -0.391 e. The molecule has 0 bridgehead atoms. The SMILES string of the molecule is [N-]=[N+]=NCCC=Cc1cc(F)c(CO)c(F)c1. The molecule has 90 valence electrons. The maximum atomic E-state index is 13.2. The first-order valence-corrected chi connectivity index (χ1v) is 4.95. The molecule has 0 aliphatic heterocycles. The molecule has 6 heteroatoms. The summed E-state index contributed by atoms with van der Waals surface area (Å²) in [4.78, 5) is 2.57. The molecule has 1 aromatic rings. The van der Waals surface area contributed by atoms with Gasteiger partial charge in [0.2, 0.25) is 0 Å². The van der Waals surface area contributed by atoms with Crippen LogP contribution in [0.25, 0.3) is 16.5 Å². The number of hydrogen-bond donors (Lipinski definition) is 1. The van der Waals surface area contributed by atoms with Gasteiger partial charge in [0, 0.05) is 17.0 Å². The molecule has 0 spiro atoms. The molecule has 0 unspecified atom stereocenters. The van der Waals surface area contributed by atoms with Crippen molar-refractivity contribution in [1.29, 1.82) is 0 Å². The Morgan fingerprint density at radius 1 is 1.35 bits per heavy atom. The zero-order valence-electron chi connectivity index (χ0n) is 8.98. The largest absolute Gasteiger partial charge is 0.391 e. The van der Waals surface area contributed by atoms with Gasteiger partial charge in [0.05, 0.1) is 6.61 Å². The highest BCUT2D eigenvalue weighted by Gasteiger charge is 2.08. The minimum absolute atomic E-state index is 0.298. The number of azide groups is 1. The smallest absolute Gasteiger partial charge is 0.132 e. The average molecular weight is 239 g/mol. The second-order valence-electron chi connectivity index (χ2n) is 3.27. The van der Waals surface area contributed by atoms with Crippen LogP contribution in [0.2, 0.25) is 0 Å². The molecule has 0 aromatic heterocycles.